The van der Waals surface area contributed by atoms with E-state index in [4.69, 9.17) is 9.16 Å². The van der Waals surface area contributed by atoms with Crippen molar-refractivity contribution in [2.24, 2.45) is 5.92 Å². The molecule has 1 saturated heterocycles. The summed E-state index contributed by atoms with van der Waals surface area (Å²) in [6.45, 7) is 12.2. The minimum atomic E-state index is -2.36. The summed E-state index contributed by atoms with van der Waals surface area (Å²) in [5.41, 5.74) is 0.739. The zero-order chi connectivity index (χ0) is 39.9. The van der Waals surface area contributed by atoms with E-state index in [-0.39, 0.29) is 27.3 Å². The summed E-state index contributed by atoms with van der Waals surface area (Å²) in [5, 5.41) is 9.51. The quantitative estimate of drug-likeness (QED) is 0.0301. The van der Waals surface area contributed by atoms with Gasteiger partial charge in [0, 0.05) is 28.2 Å². The fraction of sp³-hybridized carbons (Fsp3) is 0.268. The number of β-lactam (4-membered cyclic amide) rings is 1. The summed E-state index contributed by atoms with van der Waals surface area (Å²) in [7, 11) is -2.36. The van der Waals surface area contributed by atoms with Gasteiger partial charge in [0.1, 0.15) is 12.0 Å². The van der Waals surface area contributed by atoms with Crippen molar-refractivity contribution in [1.29, 1.82) is 0 Å². The number of non-ortho nitro benzene ring substituents is 1. The van der Waals surface area contributed by atoms with Crippen LogP contribution in [0.1, 0.15) is 54.0 Å². The number of amides is 1. The third-order valence-electron chi connectivity index (χ3n) is 9.41. The number of esters is 1. The second-order valence-corrected chi connectivity index (χ2v) is 22.5. The van der Waals surface area contributed by atoms with Gasteiger partial charge in [-0.2, -0.15) is 0 Å². The standard InChI is InChI=1S/C41H42N2O8S3Si/c1-27(51-55(5,6)41(2,3)4)33-35(44)42(36(33)52-32-20-14-9-15-21-32)34(37(45)50-26-28-22-24-31(25-23-28)43(48)49)40(53-38(46)29-16-10-7-11-17-29)54-39(47)30-18-12-8-13-19-30/h7-25,27,33,36H,26H2,1-6H3/t27-,33+,36-/m0/s1. The van der Waals surface area contributed by atoms with Crippen LogP contribution in [-0.4, -0.2) is 51.7 Å². The number of benzene rings is 4. The number of carbonyl (C=O) groups excluding carboxylic acids is 4. The fourth-order valence-electron chi connectivity index (χ4n) is 5.40. The van der Waals surface area contributed by atoms with Gasteiger partial charge in [0.2, 0.25) is 16.1 Å². The molecule has 0 bridgehead atoms. The zero-order valence-corrected chi connectivity index (χ0v) is 34.7. The number of nitro groups is 1. The first-order valence-electron chi connectivity index (χ1n) is 17.5. The second kappa shape index (κ2) is 18.0. The molecule has 1 aliphatic heterocycles. The summed E-state index contributed by atoms with van der Waals surface area (Å²) in [6.07, 6.45) is -0.538. The van der Waals surface area contributed by atoms with Crippen molar-refractivity contribution in [1.82, 2.24) is 4.90 Å². The van der Waals surface area contributed by atoms with Gasteiger partial charge < -0.3 is 9.16 Å². The van der Waals surface area contributed by atoms with Crippen molar-refractivity contribution in [2.45, 2.75) is 68.8 Å². The van der Waals surface area contributed by atoms with Crippen LogP contribution in [0.25, 0.3) is 0 Å². The number of likely N-dealkylation sites (tertiary alicyclic amines) is 1. The van der Waals surface area contributed by atoms with Gasteiger partial charge in [-0.05, 0) is 78.4 Å². The Morgan fingerprint density at radius 2 is 1.31 bits per heavy atom. The number of nitrogens with zero attached hydrogens (tertiary/aromatic N) is 2. The van der Waals surface area contributed by atoms with Crippen LogP contribution in [0.15, 0.2) is 130 Å². The van der Waals surface area contributed by atoms with Crippen LogP contribution in [0, 0.1) is 16.0 Å². The minimum Gasteiger partial charge on any atom is -0.456 e. The van der Waals surface area contributed by atoms with E-state index >= 15 is 0 Å². The van der Waals surface area contributed by atoms with Crippen molar-refractivity contribution >= 4 is 71.4 Å². The summed E-state index contributed by atoms with van der Waals surface area (Å²) in [5.74, 6) is -2.05. The summed E-state index contributed by atoms with van der Waals surface area (Å²) in [6, 6.07) is 31.8. The van der Waals surface area contributed by atoms with Gasteiger partial charge in [0.15, 0.2) is 14.0 Å². The maximum atomic E-state index is 14.6. The average Bonchev–Trinajstić information content (AvgIpc) is 3.16. The van der Waals surface area contributed by atoms with E-state index in [0.717, 1.165) is 4.90 Å². The molecule has 0 N–H and O–H groups in total. The van der Waals surface area contributed by atoms with Crippen molar-refractivity contribution in [3.63, 3.8) is 0 Å². The molecule has 3 atom stereocenters. The van der Waals surface area contributed by atoms with Crippen molar-refractivity contribution < 1.29 is 33.3 Å². The number of rotatable bonds is 14. The second-order valence-electron chi connectivity index (χ2n) is 14.3. The highest BCUT2D eigenvalue weighted by Crippen LogP contribution is 2.49. The van der Waals surface area contributed by atoms with Gasteiger partial charge in [0.25, 0.3) is 5.69 Å². The molecule has 55 heavy (non-hydrogen) atoms. The van der Waals surface area contributed by atoms with Crippen LogP contribution in [0.3, 0.4) is 0 Å². The van der Waals surface area contributed by atoms with Crippen LogP contribution in [0.2, 0.25) is 18.1 Å². The van der Waals surface area contributed by atoms with Gasteiger partial charge in [-0.1, -0.05) is 111 Å². The molecule has 286 valence electrons. The van der Waals surface area contributed by atoms with Crippen molar-refractivity contribution in [3.05, 3.63) is 152 Å². The number of thioether (sulfide) groups is 3. The smallest absolute Gasteiger partial charge is 0.357 e. The lowest BCUT2D eigenvalue weighted by molar-refractivity contribution is -0.384. The van der Waals surface area contributed by atoms with Gasteiger partial charge in [-0.25, -0.2) is 4.79 Å². The predicted molar refractivity (Wildman–Crippen MR) is 221 cm³/mol. The molecule has 0 aliphatic carbocycles. The first kappa shape index (κ1) is 41.7. The molecule has 1 aliphatic rings. The lowest BCUT2D eigenvalue weighted by Crippen LogP contribution is -2.64. The molecule has 1 amide bonds. The fourth-order valence-corrected chi connectivity index (χ4v) is 10.2. The molecule has 0 spiro atoms. The first-order valence-corrected chi connectivity index (χ1v) is 22.9. The molecule has 1 heterocycles. The van der Waals surface area contributed by atoms with E-state index in [0.29, 0.717) is 40.2 Å². The van der Waals surface area contributed by atoms with Crippen LogP contribution in [0.4, 0.5) is 5.69 Å². The lowest BCUT2D eigenvalue weighted by Gasteiger charge is -2.51. The molecule has 1 fully saturated rings. The van der Waals surface area contributed by atoms with E-state index in [2.05, 4.69) is 33.9 Å². The predicted octanol–water partition coefficient (Wildman–Crippen LogP) is 9.94. The van der Waals surface area contributed by atoms with Crippen LogP contribution in [-0.2, 0) is 25.4 Å². The molecular formula is C41H42N2O8S3Si. The van der Waals surface area contributed by atoms with Gasteiger partial charge in [0.05, 0.1) is 21.2 Å². The SMILES string of the molecule is C[C@H](O[Si](C)(C)C(C)(C)C)[C@@H]1C(=O)N(C(C(=O)OCc2ccc([N+](=O)[O-])cc2)=C(SC(=O)c2ccccc2)SC(=O)c2ccccc2)[C@H]1Sc1ccccc1. The number of ether oxygens (including phenoxy) is 1. The highest BCUT2D eigenvalue weighted by atomic mass is 32.2. The van der Waals surface area contributed by atoms with Crippen LogP contribution >= 0.6 is 35.3 Å². The minimum absolute atomic E-state index is 0.0279. The maximum absolute atomic E-state index is 14.6. The Bertz CT molecular complexity index is 2000. The van der Waals surface area contributed by atoms with Gasteiger partial charge in [-0.3, -0.25) is 29.4 Å². The molecule has 4 aromatic carbocycles. The van der Waals surface area contributed by atoms with Crippen molar-refractivity contribution in [2.75, 3.05) is 0 Å². The lowest BCUT2D eigenvalue weighted by atomic mass is 9.92. The van der Waals surface area contributed by atoms with Crippen molar-refractivity contribution in [3.8, 4) is 0 Å². The normalized spacial score (nSPS) is 16.1. The molecule has 0 saturated carbocycles. The molecule has 4 aromatic rings. The number of hydrogen-bond acceptors (Lipinski definition) is 11. The summed E-state index contributed by atoms with van der Waals surface area (Å²) >= 11 is 2.72. The Labute approximate surface area is 334 Å². The largest absolute Gasteiger partial charge is 0.456 e. The molecule has 14 heteroatoms. The Balaban J connectivity index is 1.63. The molecular weight excluding hydrogens is 773 g/mol. The summed E-state index contributed by atoms with van der Waals surface area (Å²) in [4.78, 5) is 69.7. The Hall–Kier alpha value is -4.47. The molecule has 5 rings (SSSR count). The van der Waals surface area contributed by atoms with E-state index < -0.39 is 52.7 Å². The van der Waals surface area contributed by atoms with Crippen LogP contribution in [0.5, 0.6) is 0 Å². The van der Waals surface area contributed by atoms with E-state index in [1.807, 2.05) is 37.3 Å². The Kier molecular flexibility index (Phi) is 13.6. The Morgan fingerprint density at radius 3 is 1.78 bits per heavy atom. The van der Waals surface area contributed by atoms with E-state index in [1.54, 1.807) is 60.7 Å². The highest BCUT2D eigenvalue weighted by molar-refractivity contribution is 8.35. The third kappa shape index (κ3) is 10.2. The monoisotopic (exact) mass is 814 g/mol. The summed E-state index contributed by atoms with van der Waals surface area (Å²) < 4.78 is 12.5. The Morgan fingerprint density at radius 1 is 0.818 bits per heavy atom. The average molecular weight is 815 g/mol. The zero-order valence-electron chi connectivity index (χ0n) is 31.3. The van der Waals surface area contributed by atoms with E-state index in [9.17, 15) is 29.3 Å². The number of carbonyl (C=O) groups is 4. The van der Waals surface area contributed by atoms with Crippen LogP contribution < -0.4 is 0 Å². The third-order valence-corrected chi connectivity index (χ3v) is 17.4. The number of nitro benzene ring substituents is 1. The first-order chi connectivity index (χ1) is 26.1. The molecule has 0 unspecified atom stereocenters. The topological polar surface area (TPSA) is 133 Å². The molecule has 0 radical (unpaired) electrons. The maximum Gasteiger partial charge on any atom is 0.357 e. The van der Waals surface area contributed by atoms with Gasteiger partial charge in [-0.15, -0.1) is 0 Å². The molecule has 0 aromatic heterocycles. The van der Waals surface area contributed by atoms with Gasteiger partial charge >= 0.3 is 5.97 Å². The highest BCUT2D eigenvalue weighted by Gasteiger charge is 2.56. The van der Waals surface area contributed by atoms with E-state index in [1.165, 1.54) is 40.9 Å². The molecule has 10 nitrogen and oxygen atoms in total. The number of hydrogen-bond donors (Lipinski definition) is 0.